The van der Waals surface area contributed by atoms with E-state index in [2.05, 4.69) is 72.5 Å². The predicted octanol–water partition coefficient (Wildman–Crippen LogP) is 4.20. The second-order valence-electron chi connectivity index (χ2n) is 5.35. The van der Waals surface area contributed by atoms with Crippen LogP contribution in [-0.2, 0) is 6.54 Å². The van der Waals surface area contributed by atoms with Crippen molar-refractivity contribution in [3.63, 3.8) is 0 Å². The molecule has 0 amide bonds. The predicted molar refractivity (Wildman–Crippen MR) is 88.2 cm³/mol. The van der Waals surface area contributed by atoms with Gasteiger partial charge >= 0.3 is 0 Å². The van der Waals surface area contributed by atoms with E-state index in [4.69, 9.17) is 0 Å². The Kier molecular flexibility index (Phi) is 5.74. The molecule has 1 N–H and O–H groups in total. The van der Waals surface area contributed by atoms with Crippen molar-refractivity contribution in [2.75, 3.05) is 12.8 Å². The summed E-state index contributed by atoms with van der Waals surface area (Å²) in [6, 6.07) is 13.3. The molecule has 2 aromatic rings. The van der Waals surface area contributed by atoms with Gasteiger partial charge in [-0.2, -0.15) is 0 Å². The third kappa shape index (κ3) is 4.15. The minimum absolute atomic E-state index is 0.443. The molecular weight excluding hydrogens is 264 g/mol. The Morgan fingerprint density at radius 2 is 1.90 bits per heavy atom. The van der Waals surface area contributed by atoms with Crippen molar-refractivity contribution >= 4 is 11.8 Å². The summed E-state index contributed by atoms with van der Waals surface area (Å²) in [6.07, 6.45) is 4.46. The van der Waals surface area contributed by atoms with Crippen LogP contribution in [0.5, 0.6) is 0 Å². The molecule has 0 spiro atoms. The molecule has 0 aliphatic heterocycles. The second-order valence-corrected chi connectivity index (χ2v) is 6.52. The van der Waals surface area contributed by atoms with E-state index in [0.717, 1.165) is 12.3 Å². The maximum absolute atomic E-state index is 3.39. The second kappa shape index (κ2) is 7.55. The van der Waals surface area contributed by atoms with Gasteiger partial charge in [0.05, 0.1) is 0 Å². The van der Waals surface area contributed by atoms with Gasteiger partial charge in [0.25, 0.3) is 0 Å². The summed E-state index contributed by atoms with van der Waals surface area (Å²) < 4.78 is 2.29. The zero-order valence-corrected chi connectivity index (χ0v) is 13.4. The van der Waals surface area contributed by atoms with Gasteiger partial charge in [-0.25, -0.2) is 0 Å². The van der Waals surface area contributed by atoms with Crippen LogP contribution in [0.15, 0.2) is 53.7 Å². The summed E-state index contributed by atoms with van der Waals surface area (Å²) in [6.45, 7) is 5.56. The number of nitrogens with zero attached hydrogens (tertiary/aromatic N) is 1. The van der Waals surface area contributed by atoms with Crippen LogP contribution in [0.1, 0.15) is 25.5 Å². The fraction of sp³-hybridized carbons (Fsp3) is 0.412. The molecule has 1 heterocycles. The smallest absolute Gasteiger partial charge is 0.0355 e. The van der Waals surface area contributed by atoms with Crippen LogP contribution in [0, 0.1) is 5.92 Å². The number of aromatic nitrogens is 1. The molecular formula is C17H24N2S. The molecule has 1 unspecified atom stereocenters. The fourth-order valence-corrected chi connectivity index (χ4v) is 3.34. The SMILES string of the molecule is CNC(c1ccn(CCSc2ccccc2)c1)C(C)C. The van der Waals surface area contributed by atoms with E-state index in [0.29, 0.717) is 12.0 Å². The maximum Gasteiger partial charge on any atom is 0.0355 e. The highest BCUT2D eigenvalue weighted by molar-refractivity contribution is 7.99. The number of benzene rings is 1. The van der Waals surface area contributed by atoms with Crippen molar-refractivity contribution in [3.8, 4) is 0 Å². The Labute approximate surface area is 126 Å². The molecule has 20 heavy (non-hydrogen) atoms. The number of aryl methyl sites for hydroxylation is 1. The molecule has 0 aliphatic carbocycles. The van der Waals surface area contributed by atoms with E-state index in [1.807, 2.05) is 18.8 Å². The highest BCUT2D eigenvalue weighted by atomic mass is 32.2. The summed E-state index contributed by atoms with van der Waals surface area (Å²) in [5.41, 5.74) is 1.38. The Bertz CT molecular complexity index is 505. The van der Waals surface area contributed by atoms with E-state index in [-0.39, 0.29) is 0 Å². The van der Waals surface area contributed by atoms with Crippen molar-refractivity contribution in [2.24, 2.45) is 5.92 Å². The highest BCUT2D eigenvalue weighted by Crippen LogP contribution is 2.22. The molecule has 1 atom stereocenters. The number of hydrogen-bond donors (Lipinski definition) is 1. The molecule has 108 valence electrons. The van der Waals surface area contributed by atoms with Crippen molar-refractivity contribution in [1.82, 2.24) is 9.88 Å². The Morgan fingerprint density at radius 3 is 2.55 bits per heavy atom. The number of hydrogen-bond acceptors (Lipinski definition) is 2. The van der Waals surface area contributed by atoms with Gasteiger partial charge < -0.3 is 9.88 Å². The third-order valence-electron chi connectivity index (χ3n) is 3.47. The van der Waals surface area contributed by atoms with E-state index in [1.165, 1.54) is 10.5 Å². The van der Waals surface area contributed by atoms with Crippen LogP contribution < -0.4 is 5.32 Å². The molecule has 2 rings (SSSR count). The lowest BCUT2D eigenvalue weighted by molar-refractivity contribution is 0.442. The van der Waals surface area contributed by atoms with Crippen LogP contribution in [0.25, 0.3) is 0 Å². The van der Waals surface area contributed by atoms with Gasteiger partial charge in [-0.15, -0.1) is 11.8 Å². The van der Waals surface area contributed by atoms with Crippen LogP contribution in [-0.4, -0.2) is 17.4 Å². The third-order valence-corrected chi connectivity index (χ3v) is 4.46. The van der Waals surface area contributed by atoms with E-state index < -0.39 is 0 Å². The Hall–Kier alpha value is -1.19. The molecule has 0 radical (unpaired) electrons. The Morgan fingerprint density at radius 1 is 1.15 bits per heavy atom. The van der Waals surface area contributed by atoms with Crippen LogP contribution >= 0.6 is 11.8 Å². The topological polar surface area (TPSA) is 17.0 Å². The van der Waals surface area contributed by atoms with Crippen molar-refractivity contribution < 1.29 is 0 Å². The van der Waals surface area contributed by atoms with E-state index in [1.54, 1.807) is 0 Å². The summed E-state index contributed by atoms with van der Waals surface area (Å²) in [5, 5.41) is 3.39. The summed E-state index contributed by atoms with van der Waals surface area (Å²) in [4.78, 5) is 1.34. The summed E-state index contributed by atoms with van der Waals surface area (Å²) >= 11 is 1.91. The average molecular weight is 288 g/mol. The van der Waals surface area contributed by atoms with Crippen molar-refractivity contribution in [1.29, 1.82) is 0 Å². The minimum Gasteiger partial charge on any atom is -0.353 e. The van der Waals surface area contributed by atoms with E-state index >= 15 is 0 Å². The van der Waals surface area contributed by atoms with Gasteiger partial charge in [0.15, 0.2) is 0 Å². The van der Waals surface area contributed by atoms with E-state index in [9.17, 15) is 0 Å². The maximum atomic E-state index is 3.39. The monoisotopic (exact) mass is 288 g/mol. The minimum atomic E-state index is 0.443. The standard InChI is InChI=1S/C17H24N2S/c1-14(2)17(18-3)15-9-10-19(13-15)11-12-20-16-7-5-4-6-8-16/h4-10,13-14,17-18H,11-12H2,1-3H3. The average Bonchev–Trinajstić information content (AvgIpc) is 2.89. The fourth-order valence-electron chi connectivity index (χ4n) is 2.45. The highest BCUT2D eigenvalue weighted by Gasteiger charge is 2.14. The van der Waals surface area contributed by atoms with Gasteiger partial charge in [0.2, 0.25) is 0 Å². The molecule has 1 aromatic carbocycles. The zero-order valence-electron chi connectivity index (χ0n) is 12.5. The normalized spacial score (nSPS) is 12.8. The van der Waals surface area contributed by atoms with Gasteiger partial charge in [0.1, 0.15) is 0 Å². The number of thioether (sulfide) groups is 1. The van der Waals surface area contributed by atoms with Gasteiger partial charge in [-0.05, 0) is 36.7 Å². The molecule has 3 heteroatoms. The number of rotatable bonds is 7. The van der Waals surface area contributed by atoms with Crippen molar-refractivity contribution in [2.45, 2.75) is 31.3 Å². The summed E-state index contributed by atoms with van der Waals surface area (Å²) in [7, 11) is 2.03. The van der Waals surface area contributed by atoms with Gasteiger partial charge in [-0.1, -0.05) is 32.0 Å². The number of nitrogens with one attached hydrogen (secondary N) is 1. The van der Waals surface area contributed by atoms with Crippen LogP contribution in [0.2, 0.25) is 0 Å². The molecule has 0 bridgehead atoms. The lowest BCUT2D eigenvalue weighted by Crippen LogP contribution is -2.21. The van der Waals surface area contributed by atoms with Gasteiger partial charge in [0, 0.05) is 35.6 Å². The van der Waals surface area contributed by atoms with Gasteiger partial charge in [-0.3, -0.25) is 0 Å². The lowest BCUT2D eigenvalue weighted by atomic mass is 9.99. The molecule has 0 aliphatic rings. The molecule has 0 fully saturated rings. The first-order chi connectivity index (χ1) is 9.70. The molecule has 0 saturated carbocycles. The first-order valence-corrected chi connectivity index (χ1v) is 8.20. The quantitative estimate of drug-likeness (QED) is 0.769. The van der Waals surface area contributed by atoms with Crippen LogP contribution in [0.3, 0.4) is 0 Å². The summed E-state index contributed by atoms with van der Waals surface area (Å²) in [5.74, 6) is 1.71. The first kappa shape index (κ1) is 15.2. The lowest BCUT2D eigenvalue weighted by Gasteiger charge is -2.18. The molecule has 0 saturated heterocycles. The largest absolute Gasteiger partial charge is 0.353 e. The molecule has 2 nitrogen and oxygen atoms in total. The Balaban J connectivity index is 1.87. The molecule has 1 aromatic heterocycles. The first-order valence-electron chi connectivity index (χ1n) is 7.21. The zero-order chi connectivity index (χ0) is 14.4. The van der Waals surface area contributed by atoms with Crippen molar-refractivity contribution in [3.05, 3.63) is 54.4 Å². The van der Waals surface area contributed by atoms with Crippen LogP contribution in [0.4, 0.5) is 0 Å².